The first kappa shape index (κ1) is 19.9. The van der Waals surface area contributed by atoms with Gasteiger partial charge in [0.2, 0.25) is 5.91 Å². The van der Waals surface area contributed by atoms with Crippen molar-refractivity contribution in [1.82, 2.24) is 9.88 Å². The van der Waals surface area contributed by atoms with Crippen LogP contribution in [-0.2, 0) is 37.0 Å². The lowest BCUT2D eigenvalue weighted by atomic mass is 9.90. The molecule has 5 rings (SSSR count). The van der Waals surface area contributed by atoms with Crippen LogP contribution in [0.15, 0.2) is 30.3 Å². The summed E-state index contributed by atoms with van der Waals surface area (Å²) in [4.78, 5) is 13.2. The van der Waals surface area contributed by atoms with Gasteiger partial charge < -0.3 is 15.2 Å². The molecular formula is C24H25Cl2N3O. The molecule has 0 atom stereocenters. The Balaban J connectivity index is 1.52. The largest absolute Gasteiger partial charge is 0.334 e. The van der Waals surface area contributed by atoms with Crippen molar-refractivity contribution in [1.29, 1.82) is 0 Å². The van der Waals surface area contributed by atoms with Crippen molar-refractivity contribution < 1.29 is 4.79 Å². The molecule has 156 valence electrons. The minimum atomic E-state index is -0.0260. The maximum atomic E-state index is 13.2. The Morgan fingerprint density at radius 1 is 1.00 bits per heavy atom. The van der Waals surface area contributed by atoms with Crippen molar-refractivity contribution in [2.45, 2.75) is 45.1 Å². The molecule has 0 fully saturated rings. The average Bonchev–Trinajstić information content (AvgIpc) is 2.90. The minimum Gasteiger partial charge on any atom is -0.334 e. The summed E-state index contributed by atoms with van der Waals surface area (Å²) >= 11 is 13.0. The molecule has 30 heavy (non-hydrogen) atoms. The summed E-state index contributed by atoms with van der Waals surface area (Å²) in [6, 6.07) is 10.1. The lowest BCUT2D eigenvalue weighted by Gasteiger charge is -2.20. The minimum absolute atomic E-state index is 0.0260. The van der Waals surface area contributed by atoms with E-state index in [2.05, 4.69) is 21.3 Å². The second-order valence-electron chi connectivity index (χ2n) is 8.22. The Labute approximate surface area is 186 Å². The SMILES string of the molecule is O=C(Cn1c2c(c3ccc(Cl)c(Cl)c31)CCNCC2)Nc1cccc2c1CCCC2. The van der Waals surface area contributed by atoms with E-state index >= 15 is 0 Å². The number of amides is 1. The smallest absolute Gasteiger partial charge is 0.244 e. The molecule has 0 bridgehead atoms. The Morgan fingerprint density at radius 2 is 1.83 bits per heavy atom. The zero-order valence-electron chi connectivity index (χ0n) is 16.9. The van der Waals surface area contributed by atoms with Crippen molar-refractivity contribution in [3.63, 3.8) is 0 Å². The van der Waals surface area contributed by atoms with Gasteiger partial charge in [-0.05, 0) is 67.5 Å². The standard InChI is InChI=1S/C24H25Cl2N3O/c25-19-9-8-18-17-10-12-27-13-11-21(17)29(24(18)23(19)26)14-22(30)28-20-7-3-5-15-4-1-2-6-16(15)20/h3,5,7-9,27H,1-2,4,6,10-14H2,(H,28,30). The van der Waals surface area contributed by atoms with E-state index in [4.69, 9.17) is 23.2 Å². The van der Waals surface area contributed by atoms with Gasteiger partial charge in [-0.2, -0.15) is 0 Å². The molecule has 3 aromatic rings. The predicted octanol–water partition coefficient (Wildman–Crippen LogP) is 5.15. The summed E-state index contributed by atoms with van der Waals surface area (Å²) in [6.45, 7) is 2.05. The third kappa shape index (κ3) is 3.51. The molecule has 0 spiro atoms. The van der Waals surface area contributed by atoms with Crippen molar-refractivity contribution in [3.8, 4) is 0 Å². The molecule has 6 heteroatoms. The zero-order chi connectivity index (χ0) is 20.7. The summed E-state index contributed by atoms with van der Waals surface area (Å²) in [6.07, 6.45) is 6.31. The topological polar surface area (TPSA) is 46.1 Å². The van der Waals surface area contributed by atoms with Gasteiger partial charge in [-0.25, -0.2) is 0 Å². The second kappa shape index (κ2) is 8.26. The van der Waals surface area contributed by atoms with Gasteiger partial charge in [0.05, 0.1) is 15.6 Å². The van der Waals surface area contributed by atoms with Crippen LogP contribution in [0.25, 0.3) is 10.9 Å². The number of anilines is 1. The van der Waals surface area contributed by atoms with E-state index in [1.807, 2.05) is 24.3 Å². The van der Waals surface area contributed by atoms with E-state index in [0.717, 1.165) is 55.4 Å². The third-order valence-corrected chi connectivity index (χ3v) is 7.19. The van der Waals surface area contributed by atoms with Crippen LogP contribution in [-0.4, -0.2) is 23.6 Å². The van der Waals surface area contributed by atoms with Crippen molar-refractivity contribution >= 4 is 45.7 Å². The molecule has 1 amide bonds. The van der Waals surface area contributed by atoms with Crippen LogP contribution in [0.1, 0.15) is 35.2 Å². The van der Waals surface area contributed by atoms with E-state index in [1.54, 1.807) is 0 Å². The van der Waals surface area contributed by atoms with Crippen LogP contribution < -0.4 is 10.6 Å². The Hall–Kier alpha value is -2.01. The molecule has 2 aromatic carbocycles. The summed E-state index contributed by atoms with van der Waals surface area (Å²) < 4.78 is 2.08. The number of rotatable bonds is 3. The van der Waals surface area contributed by atoms with Gasteiger partial charge in [0.15, 0.2) is 0 Å². The highest BCUT2D eigenvalue weighted by molar-refractivity contribution is 6.45. The molecule has 0 unspecified atom stereocenters. The Bertz CT molecular complexity index is 1140. The van der Waals surface area contributed by atoms with E-state index in [9.17, 15) is 4.79 Å². The summed E-state index contributed by atoms with van der Waals surface area (Å²) in [5.74, 6) is -0.0260. The van der Waals surface area contributed by atoms with Crippen LogP contribution in [0.2, 0.25) is 10.0 Å². The van der Waals surface area contributed by atoms with Gasteiger partial charge in [-0.15, -0.1) is 0 Å². The number of halogens is 2. The lowest BCUT2D eigenvalue weighted by Crippen LogP contribution is -2.22. The number of aryl methyl sites for hydroxylation is 1. The fourth-order valence-electron chi connectivity index (χ4n) is 5.02. The van der Waals surface area contributed by atoms with E-state index in [-0.39, 0.29) is 12.5 Å². The van der Waals surface area contributed by atoms with Crippen molar-refractivity contribution in [3.05, 3.63) is 62.8 Å². The number of carbonyl (C=O) groups is 1. The number of hydrogen-bond donors (Lipinski definition) is 2. The molecular weight excluding hydrogens is 417 g/mol. The molecule has 1 aromatic heterocycles. The van der Waals surface area contributed by atoms with E-state index in [0.29, 0.717) is 10.0 Å². The summed E-state index contributed by atoms with van der Waals surface area (Å²) in [5.41, 5.74) is 6.94. The fourth-order valence-corrected chi connectivity index (χ4v) is 5.44. The van der Waals surface area contributed by atoms with Crippen molar-refractivity contribution in [2.24, 2.45) is 0 Å². The highest BCUT2D eigenvalue weighted by Gasteiger charge is 2.23. The van der Waals surface area contributed by atoms with Crippen LogP contribution in [0, 0.1) is 0 Å². The zero-order valence-corrected chi connectivity index (χ0v) is 18.4. The highest BCUT2D eigenvalue weighted by atomic mass is 35.5. The number of nitrogens with one attached hydrogen (secondary N) is 2. The van der Waals surface area contributed by atoms with Gasteiger partial charge in [0.25, 0.3) is 0 Å². The average molecular weight is 442 g/mol. The highest BCUT2D eigenvalue weighted by Crippen LogP contribution is 2.37. The number of nitrogens with zero attached hydrogens (tertiary/aromatic N) is 1. The normalized spacial score (nSPS) is 16.1. The first-order chi connectivity index (χ1) is 14.6. The summed E-state index contributed by atoms with van der Waals surface area (Å²) in [5, 5.41) is 8.79. The van der Waals surface area contributed by atoms with Gasteiger partial charge >= 0.3 is 0 Å². The lowest BCUT2D eigenvalue weighted by molar-refractivity contribution is -0.116. The third-order valence-electron chi connectivity index (χ3n) is 6.40. The van der Waals surface area contributed by atoms with Gasteiger partial charge in [-0.3, -0.25) is 4.79 Å². The molecule has 2 N–H and O–H groups in total. The first-order valence-corrected chi connectivity index (χ1v) is 11.5. The molecule has 1 aliphatic heterocycles. The number of carbonyl (C=O) groups excluding carboxylic acids is 1. The molecule has 4 nitrogen and oxygen atoms in total. The molecule has 0 saturated heterocycles. The molecule has 0 saturated carbocycles. The van der Waals surface area contributed by atoms with Crippen molar-refractivity contribution in [2.75, 3.05) is 18.4 Å². The van der Waals surface area contributed by atoms with Gasteiger partial charge in [0.1, 0.15) is 6.54 Å². The van der Waals surface area contributed by atoms with Gasteiger partial charge in [-0.1, -0.05) is 41.4 Å². The first-order valence-electron chi connectivity index (χ1n) is 10.7. The van der Waals surface area contributed by atoms with Crippen LogP contribution in [0.3, 0.4) is 0 Å². The maximum absolute atomic E-state index is 13.2. The molecule has 2 heterocycles. The fraction of sp³-hybridized carbons (Fsp3) is 0.375. The monoisotopic (exact) mass is 441 g/mol. The summed E-state index contributed by atoms with van der Waals surface area (Å²) in [7, 11) is 0. The van der Waals surface area contributed by atoms with Crippen LogP contribution in [0.4, 0.5) is 5.69 Å². The maximum Gasteiger partial charge on any atom is 0.244 e. The quantitative estimate of drug-likeness (QED) is 0.589. The van der Waals surface area contributed by atoms with E-state index < -0.39 is 0 Å². The molecule has 0 radical (unpaired) electrons. The Kier molecular flexibility index (Phi) is 5.48. The predicted molar refractivity (Wildman–Crippen MR) is 124 cm³/mol. The number of aromatic nitrogens is 1. The van der Waals surface area contributed by atoms with E-state index in [1.165, 1.54) is 35.2 Å². The second-order valence-corrected chi connectivity index (χ2v) is 9.00. The molecule has 1 aliphatic carbocycles. The van der Waals surface area contributed by atoms with Crippen LogP contribution >= 0.6 is 23.2 Å². The Morgan fingerprint density at radius 3 is 2.73 bits per heavy atom. The van der Waals surface area contributed by atoms with Gasteiger partial charge in [0, 0.05) is 29.7 Å². The van der Waals surface area contributed by atoms with Crippen LogP contribution in [0.5, 0.6) is 0 Å². The number of hydrogen-bond acceptors (Lipinski definition) is 2. The molecule has 2 aliphatic rings. The number of fused-ring (bicyclic) bond motifs is 4. The number of benzene rings is 2.